The summed E-state index contributed by atoms with van der Waals surface area (Å²) in [6.45, 7) is 58.0. The summed E-state index contributed by atoms with van der Waals surface area (Å²) < 4.78 is 63.8. The normalized spacial score (nSPS) is 30.4. The van der Waals surface area contributed by atoms with Gasteiger partial charge in [-0.25, -0.2) is 0 Å². The van der Waals surface area contributed by atoms with Crippen LogP contribution in [-0.4, -0.2) is 200 Å². The Hall–Kier alpha value is -8.52. The fraction of sp³-hybridized carbons (Fsp3) is 0.862. The van der Waals surface area contributed by atoms with Crippen molar-refractivity contribution in [1.82, 2.24) is 0 Å². The minimum absolute atomic E-state index is 0.0352. The van der Waals surface area contributed by atoms with Crippen molar-refractivity contribution in [3.8, 4) is 0 Å². The molecule has 15 rings (SSSR count). The van der Waals surface area contributed by atoms with E-state index in [9.17, 15) is 77.0 Å². The van der Waals surface area contributed by atoms with Gasteiger partial charge in [-0.05, 0) is 328 Å². The molecule has 15 fully saturated rings. The summed E-state index contributed by atoms with van der Waals surface area (Å²) in [6, 6.07) is 0. The predicted molar refractivity (Wildman–Crippen MR) is 555 cm³/mol. The van der Waals surface area contributed by atoms with Gasteiger partial charge in [0.05, 0.1) is 109 Å². The van der Waals surface area contributed by atoms with E-state index < -0.39 is 176 Å². The maximum atomic E-state index is 12.8. The van der Waals surface area contributed by atoms with Gasteiger partial charge in [0, 0.05) is 18.8 Å². The third kappa shape index (κ3) is 37.7. The molecular formula is C116H192O33. The Labute approximate surface area is 888 Å². The molecule has 0 aliphatic heterocycles. The molecule has 0 spiro atoms. The van der Waals surface area contributed by atoms with Crippen molar-refractivity contribution in [3.05, 3.63) is 0 Å². The summed E-state index contributed by atoms with van der Waals surface area (Å²) in [5.74, 6) is -6.33. The van der Waals surface area contributed by atoms with E-state index in [2.05, 4.69) is 35.0 Å². The van der Waals surface area contributed by atoms with Crippen LogP contribution in [0.25, 0.3) is 0 Å². The molecule has 0 heterocycles. The Kier molecular flexibility index (Phi) is 47.5. The number of carboxylic acid groups (broad SMARTS) is 4. The first-order valence-electron chi connectivity index (χ1n) is 55.1. The second kappa shape index (κ2) is 54.0. The Balaban J connectivity index is 0.000000303. The number of hydrogen-bond acceptors (Lipinski definition) is 29. The molecule has 0 radical (unpaired) electrons. The minimum atomic E-state index is -1.03. The number of methoxy groups -OCH3 is 2. The highest BCUT2D eigenvalue weighted by Crippen LogP contribution is 2.67. The second-order valence-corrected chi connectivity index (χ2v) is 52.3. The van der Waals surface area contributed by atoms with Crippen LogP contribution < -0.4 is 0 Å². The number of carboxylic acids is 4. The van der Waals surface area contributed by atoms with Crippen LogP contribution in [0.4, 0.5) is 0 Å². The third-order valence-electron chi connectivity index (χ3n) is 34.6. The van der Waals surface area contributed by atoms with Crippen LogP contribution in [0, 0.1) is 170 Å². The molecule has 5 N–H and O–H groups in total. The lowest BCUT2D eigenvalue weighted by Crippen LogP contribution is -2.60. The SMILES string of the molecule is C1CC2C3CCC(C3)C2C1.CC(=O)O.CC(C(=O)O)C(C)C(=O)OCCO.CC(C(=O)OC(C)(C)C)C(C)C(=O)OC12CC3CC(C1)CC(C(=O)O)(C3)C2.CC(C(=O)OC(C)(C)C)C(C)C(=O)OC12CC3CC(CC(C3)C1)C2.CC(C(=O)OC1CC2CCC1(C)C2(C)C)C(C)C(=O)OC(C)(C)C.CC(C(=O)OC1CC2CCC1C2)C(C)C(=O)OC(C)(C)C.COC(=O)C(C)C(C)C(=O)O.COC(=O)C(C)C(C)C(=O)OC(C)(C)C. The highest BCUT2D eigenvalue weighted by Gasteiger charge is 2.65. The van der Waals surface area contributed by atoms with Gasteiger partial charge in [-0.2, -0.15) is 0 Å². The molecule has 0 saturated heterocycles. The minimum Gasteiger partial charge on any atom is -0.481 e. The van der Waals surface area contributed by atoms with Gasteiger partial charge in [0.2, 0.25) is 0 Å². The third-order valence-corrected chi connectivity index (χ3v) is 34.6. The summed E-state index contributed by atoms with van der Waals surface area (Å²) in [4.78, 5) is 186. The van der Waals surface area contributed by atoms with Crippen molar-refractivity contribution in [2.24, 2.45) is 170 Å². The van der Waals surface area contributed by atoms with Gasteiger partial charge < -0.3 is 82.4 Å². The lowest BCUT2D eigenvalue weighted by molar-refractivity contribution is -0.214. The zero-order valence-corrected chi connectivity index (χ0v) is 96.9. The highest BCUT2D eigenvalue weighted by atomic mass is 16.6. The number of aliphatic hydroxyl groups excluding tert-OH is 1. The molecule has 0 aromatic carbocycles. The molecule has 0 aromatic heterocycles. The van der Waals surface area contributed by atoms with Crippen molar-refractivity contribution in [2.45, 2.75) is 440 Å². The summed E-state index contributed by atoms with van der Waals surface area (Å²) in [5, 5.41) is 42.6. The van der Waals surface area contributed by atoms with E-state index in [-0.39, 0.29) is 83.6 Å². The van der Waals surface area contributed by atoms with Crippen LogP contribution in [-0.2, 0) is 134 Å². The van der Waals surface area contributed by atoms with Gasteiger partial charge >= 0.3 is 89.5 Å². The van der Waals surface area contributed by atoms with Crippen LogP contribution in [0.5, 0.6) is 0 Å². The van der Waals surface area contributed by atoms with Crippen LogP contribution >= 0.6 is 0 Å². The van der Waals surface area contributed by atoms with Gasteiger partial charge in [0.15, 0.2) is 0 Å². The first kappa shape index (κ1) is 131. The summed E-state index contributed by atoms with van der Waals surface area (Å²) in [7, 11) is 2.55. The molecule has 15 aliphatic carbocycles. The average molecular weight is 2110 g/mol. The Morgan fingerprint density at radius 3 is 0.933 bits per heavy atom. The summed E-state index contributed by atoms with van der Waals surface area (Å²) in [6.07, 6.45) is 28.9. The molecule has 0 amide bonds. The number of aliphatic hydroxyl groups is 1. The summed E-state index contributed by atoms with van der Waals surface area (Å²) >= 11 is 0. The molecule has 15 saturated carbocycles. The summed E-state index contributed by atoms with van der Waals surface area (Å²) in [5.41, 5.74) is -4.16. The Bertz CT molecular complexity index is 4450. The monoisotopic (exact) mass is 2110 g/mol. The van der Waals surface area contributed by atoms with Crippen LogP contribution in [0.3, 0.4) is 0 Å². The quantitative estimate of drug-likeness (QED) is 0.0359. The standard InChI is InChI=1S/C21H32O6.C20H32O4.C20H34O4.C17H28O4.C11H20O4.C10H16.C8H14O5.C7H12O4.C2H4O2/c1-12(16(22)26-19(3,4)5)13(2)17(23)27-21-9-14-6-15(10-21)8-20(7-14,11-21)18(24)25;1-12(17(21)23-19(3,4)5)13(2)18(22)24-20-9-14-6-15(10-20)8-16(7-14)11-20;1-12(13(2)17(22)24-18(3,4)5)16(21)23-15-11-14-9-10-20(15,8)19(14,6)7;1-10(11(2)16(19)21-17(3,4)5)15(18)20-14-9-12-6-7-13(14)8-12;1-7(9(12)14-6)8(2)10(13)15-11(3,4)5;1-2-9-7-4-5-8(6-7)10(9)3-1;1-5(7(10)11)6(2)8(12)13-4-3-9;1-4(6(8)9)5(2)7(10)11-3;1-2(3)4/h12-15H,6-11H2,1-5H3,(H,24,25);12-16H,6-11H2,1-5H3;12-15H,9-11H2,1-8H3;10-14H,6-9H2,1-5H3;7-8H,1-6H3;7-10H,1-6H2;5-6,9H,3-4H2,1-2H3,(H,10,11);4-5H,1-3H3,(H,8,9);1H3,(H,3,4). The number of hydrogen-bond donors (Lipinski definition) is 5. The van der Waals surface area contributed by atoms with Crippen LogP contribution in [0.15, 0.2) is 0 Å². The van der Waals surface area contributed by atoms with Crippen molar-refractivity contribution in [3.63, 3.8) is 0 Å². The molecule has 26 atom stereocenters. The second-order valence-electron chi connectivity index (χ2n) is 52.3. The van der Waals surface area contributed by atoms with Gasteiger partial charge in [-0.1, -0.05) is 124 Å². The highest BCUT2D eigenvalue weighted by molar-refractivity contribution is 5.86. The number of esters is 12. The van der Waals surface area contributed by atoms with Gasteiger partial charge in [0.25, 0.3) is 5.97 Å². The van der Waals surface area contributed by atoms with Gasteiger partial charge in [-0.3, -0.25) is 76.7 Å². The van der Waals surface area contributed by atoms with E-state index in [1.54, 1.807) is 149 Å². The maximum Gasteiger partial charge on any atom is 0.310 e. The number of carbonyl (C=O) groups excluding carboxylic acids is 12. The smallest absolute Gasteiger partial charge is 0.310 e. The fourth-order valence-electron chi connectivity index (χ4n) is 25.0. The van der Waals surface area contributed by atoms with E-state index >= 15 is 0 Å². The number of rotatable bonds is 28. The molecule has 0 aromatic rings. The van der Waals surface area contributed by atoms with E-state index in [0.29, 0.717) is 42.9 Å². The largest absolute Gasteiger partial charge is 0.481 e. The van der Waals surface area contributed by atoms with E-state index in [1.165, 1.54) is 111 Å². The first-order chi connectivity index (χ1) is 68.3. The van der Waals surface area contributed by atoms with E-state index in [0.717, 1.165) is 88.4 Å². The van der Waals surface area contributed by atoms with Gasteiger partial charge in [0.1, 0.15) is 58.0 Å². The van der Waals surface area contributed by atoms with Crippen LogP contribution in [0.1, 0.15) is 389 Å². The van der Waals surface area contributed by atoms with Crippen molar-refractivity contribution in [2.75, 3.05) is 27.4 Å². The molecule has 26 unspecified atom stereocenters. The Morgan fingerprint density at radius 2 is 0.631 bits per heavy atom. The topological polar surface area (TPSA) is 485 Å². The average Bonchev–Trinajstić information content (AvgIpc) is 1.65. The zero-order valence-electron chi connectivity index (χ0n) is 96.9. The fourth-order valence-corrected chi connectivity index (χ4v) is 25.0. The first-order valence-corrected chi connectivity index (χ1v) is 55.1. The van der Waals surface area contributed by atoms with Gasteiger partial charge in [-0.15, -0.1) is 0 Å². The number of ether oxygens (including phenoxy) is 12. The van der Waals surface area contributed by atoms with Crippen molar-refractivity contribution >= 4 is 95.5 Å². The molecule has 33 heteroatoms. The lowest BCUT2D eigenvalue weighted by Gasteiger charge is -2.59. The molecule has 14 bridgehead atoms. The zero-order chi connectivity index (χ0) is 114. The molecule has 15 aliphatic rings. The van der Waals surface area contributed by atoms with Crippen LogP contribution in [0.2, 0.25) is 0 Å². The lowest BCUT2D eigenvalue weighted by atomic mass is 9.48. The number of aliphatic carboxylic acids is 4. The number of fused-ring (bicyclic) bond motifs is 9. The molecule has 33 nitrogen and oxygen atoms in total. The maximum absolute atomic E-state index is 12.8. The van der Waals surface area contributed by atoms with Crippen molar-refractivity contribution < 1.29 is 159 Å². The van der Waals surface area contributed by atoms with E-state index in [1.807, 2.05) is 62.3 Å². The van der Waals surface area contributed by atoms with E-state index in [4.69, 9.17) is 67.9 Å². The van der Waals surface area contributed by atoms with Crippen molar-refractivity contribution in [1.29, 1.82) is 0 Å². The predicted octanol–water partition coefficient (Wildman–Crippen LogP) is 20.5. The molecule has 149 heavy (non-hydrogen) atoms. The Morgan fingerprint density at radius 1 is 0.322 bits per heavy atom. The molecule has 854 valence electrons. The molecular weight excluding hydrogens is 1920 g/mol. The number of carbonyl (C=O) groups is 16.